The van der Waals surface area contributed by atoms with Crippen LogP contribution in [-0.2, 0) is 13.1 Å². The molecular formula is C11H13N7O. The van der Waals surface area contributed by atoms with Gasteiger partial charge in [-0.05, 0) is 12.1 Å². The number of anilines is 1. The summed E-state index contributed by atoms with van der Waals surface area (Å²) in [5.41, 5.74) is 6.95. The van der Waals surface area contributed by atoms with Crippen molar-refractivity contribution in [2.75, 3.05) is 11.4 Å². The third-order valence-electron chi connectivity index (χ3n) is 3.12. The van der Waals surface area contributed by atoms with E-state index in [1.165, 1.54) is 0 Å². The molecule has 0 amide bonds. The van der Waals surface area contributed by atoms with Crippen molar-refractivity contribution in [1.82, 2.24) is 19.7 Å². The molecule has 1 aliphatic rings. The van der Waals surface area contributed by atoms with Gasteiger partial charge in [0.2, 0.25) is 0 Å². The van der Waals surface area contributed by atoms with E-state index < -0.39 is 0 Å². The van der Waals surface area contributed by atoms with Crippen molar-refractivity contribution in [3.8, 4) is 0 Å². The lowest BCUT2D eigenvalue weighted by atomic mass is 10.2. The van der Waals surface area contributed by atoms with Gasteiger partial charge in [0.05, 0.1) is 12.2 Å². The predicted octanol–water partition coefficient (Wildman–Crippen LogP) is -0.212. The average molecular weight is 259 g/mol. The van der Waals surface area contributed by atoms with Crippen LogP contribution in [0.4, 0.5) is 5.69 Å². The van der Waals surface area contributed by atoms with Gasteiger partial charge < -0.3 is 20.4 Å². The molecule has 0 unspecified atom stereocenters. The van der Waals surface area contributed by atoms with E-state index in [0.29, 0.717) is 12.2 Å². The van der Waals surface area contributed by atoms with Gasteiger partial charge in [-0.15, -0.1) is 10.2 Å². The van der Waals surface area contributed by atoms with Crippen LogP contribution in [-0.4, -0.2) is 37.3 Å². The van der Waals surface area contributed by atoms with Gasteiger partial charge in [-0.3, -0.25) is 4.98 Å². The van der Waals surface area contributed by atoms with Gasteiger partial charge in [-0.25, -0.2) is 0 Å². The first-order valence-corrected chi connectivity index (χ1v) is 5.84. The molecule has 8 nitrogen and oxygen atoms in total. The molecule has 1 aliphatic heterocycles. The van der Waals surface area contributed by atoms with Crippen LogP contribution in [0.15, 0.2) is 29.8 Å². The second-order valence-corrected chi connectivity index (χ2v) is 4.22. The Morgan fingerprint density at radius 3 is 3.16 bits per heavy atom. The molecule has 0 aliphatic carbocycles. The topological polar surface area (TPSA) is 105 Å². The van der Waals surface area contributed by atoms with Crippen molar-refractivity contribution in [3.05, 3.63) is 36.2 Å². The summed E-state index contributed by atoms with van der Waals surface area (Å²) >= 11 is 0. The van der Waals surface area contributed by atoms with E-state index >= 15 is 0 Å². The third kappa shape index (κ3) is 1.96. The Bertz CT molecular complexity index is 621. The van der Waals surface area contributed by atoms with Crippen LogP contribution in [0.1, 0.15) is 11.5 Å². The molecule has 0 bridgehead atoms. The summed E-state index contributed by atoms with van der Waals surface area (Å²) in [4.78, 5) is 6.26. The summed E-state index contributed by atoms with van der Waals surface area (Å²) in [6, 6.07) is 3.72. The summed E-state index contributed by atoms with van der Waals surface area (Å²) in [5, 5.41) is 19.8. The molecule has 19 heavy (non-hydrogen) atoms. The number of oxime groups is 1. The SMILES string of the molecule is N/C(=N/O)c1ncccc1N1CCn2cnnc2C1. The molecule has 3 N–H and O–H groups in total. The quantitative estimate of drug-likeness (QED) is 0.334. The second kappa shape index (κ2) is 4.56. The number of amidine groups is 1. The molecule has 8 heteroatoms. The molecule has 0 aromatic carbocycles. The smallest absolute Gasteiger partial charge is 0.190 e. The van der Waals surface area contributed by atoms with E-state index in [1.807, 2.05) is 16.7 Å². The van der Waals surface area contributed by atoms with Crippen LogP contribution in [0.2, 0.25) is 0 Å². The van der Waals surface area contributed by atoms with E-state index in [9.17, 15) is 0 Å². The second-order valence-electron chi connectivity index (χ2n) is 4.22. The Morgan fingerprint density at radius 1 is 1.42 bits per heavy atom. The summed E-state index contributed by atoms with van der Waals surface area (Å²) in [6.45, 7) is 2.21. The molecule has 0 saturated carbocycles. The zero-order chi connectivity index (χ0) is 13.2. The fourth-order valence-corrected chi connectivity index (χ4v) is 2.17. The van der Waals surface area contributed by atoms with Gasteiger partial charge in [0.25, 0.3) is 0 Å². The molecule has 0 fully saturated rings. The zero-order valence-corrected chi connectivity index (χ0v) is 10.1. The van der Waals surface area contributed by atoms with Crippen molar-refractivity contribution in [3.63, 3.8) is 0 Å². The lowest BCUT2D eigenvalue weighted by Crippen LogP contribution is -2.35. The van der Waals surface area contributed by atoms with E-state index in [-0.39, 0.29) is 5.84 Å². The van der Waals surface area contributed by atoms with Crippen molar-refractivity contribution >= 4 is 11.5 Å². The molecule has 2 aromatic rings. The van der Waals surface area contributed by atoms with Crippen LogP contribution in [0, 0.1) is 0 Å². The minimum absolute atomic E-state index is 0.00244. The Hall–Kier alpha value is -2.64. The van der Waals surface area contributed by atoms with Crippen LogP contribution < -0.4 is 10.6 Å². The Balaban J connectivity index is 1.96. The van der Waals surface area contributed by atoms with Crippen LogP contribution in [0.25, 0.3) is 0 Å². The number of hydrogen-bond acceptors (Lipinski definition) is 6. The first-order chi connectivity index (χ1) is 9.29. The molecule has 3 rings (SSSR count). The van der Waals surface area contributed by atoms with Gasteiger partial charge >= 0.3 is 0 Å². The number of fused-ring (bicyclic) bond motifs is 1. The molecule has 98 valence electrons. The maximum absolute atomic E-state index is 8.81. The summed E-state index contributed by atoms with van der Waals surface area (Å²) < 4.78 is 2.01. The molecule has 2 aromatic heterocycles. The first kappa shape index (κ1) is 11.5. The van der Waals surface area contributed by atoms with Gasteiger partial charge in [0.15, 0.2) is 11.7 Å². The number of hydrogen-bond donors (Lipinski definition) is 2. The lowest BCUT2D eigenvalue weighted by Gasteiger charge is -2.29. The number of aromatic nitrogens is 4. The minimum Gasteiger partial charge on any atom is -0.409 e. The van der Waals surface area contributed by atoms with E-state index in [2.05, 4.69) is 25.2 Å². The van der Waals surface area contributed by atoms with Crippen LogP contribution in [0.3, 0.4) is 0 Å². The van der Waals surface area contributed by atoms with Crippen LogP contribution >= 0.6 is 0 Å². The number of nitrogens with zero attached hydrogens (tertiary/aromatic N) is 6. The maximum atomic E-state index is 8.81. The lowest BCUT2D eigenvalue weighted by molar-refractivity contribution is 0.318. The average Bonchev–Trinajstić information content (AvgIpc) is 2.93. The van der Waals surface area contributed by atoms with E-state index in [4.69, 9.17) is 10.9 Å². The van der Waals surface area contributed by atoms with Gasteiger partial charge in [-0.1, -0.05) is 5.16 Å². The molecular weight excluding hydrogens is 246 g/mol. The molecule has 0 spiro atoms. The fourth-order valence-electron chi connectivity index (χ4n) is 2.17. The van der Waals surface area contributed by atoms with Gasteiger partial charge in [0, 0.05) is 19.3 Å². The summed E-state index contributed by atoms with van der Waals surface area (Å²) in [7, 11) is 0. The molecule has 0 atom stereocenters. The Labute approximate surface area is 109 Å². The standard InChI is InChI=1S/C11H13N7O/c12-11(16-19)10-8(2-1-3-13-10)17-4-5-18-7-14-15-9(18)6-17/h1-3,7,19H,4-6H2,(H2,12,16). The van der Waals surface area contributed by atoms with Crippen molar-refractivity contribution in [2.45, 2.75) is 13.1 Å². The fraction of sp³-hybridized carbons (Fsp3) is 0.273. The van der Waals surface area contributed by atoms with Crippen molar-refractivity contribution < 1.29 is 5.21 Å². The highest BCUT2D eigenvalue weighted by Crippen LogP contribution is 2.22. The highest BCUT2D eigenvalue weighted by Gasteiger charge is 2.21. The minimum atomic E-state index is 0.00244. The summed E-state index contributed by atoms with van der Waals surface area (Å²) in [5.74, 6) is 0.892. The monoisotopic (exact) mass is 259 g/mol. The van der Waals surface area contributed by atoms with Crippen molar-refractivity contribution in [2.24, 2.45) is 10.9 Å². The van der Waals surface area contributed by atoms with Gasteiger partial charge in [-0.2, -0.15) is 0 Å². The highest BCUT2D eigenvalue weighted by atomic mass is 16.4. The number of nitrogens with two attached hydrogens (primary N) is 1. The molecule has 3 heterocycles. The van der Waals surface area contributed by atoms with E-state index in [0.717, 1.165) is 24.6 Å². The Morgan fingerprint density at radius 2 is 2.32 bits per heavy atom. The Kier molecular flexibility index (Phi) is 2.75. The largest absolute Gasteiger partial charge is 0.409 e. The maximum Gasteiger partial charge on any atom is 0.190 e. The molecule has 0 radical (unpaired) electrons. The van der Waals surface area contributed by atoms with Crippen LogP contribution in [0.5, 0.6) is 0 Å². The third-order valence-corrected chi connectivity index (χ3v) is 3.12. The predicted molar refractivity (Wildman–Crippen MR) is 67.8 cm³/mol. The zero-order valence-electron chi connectivity index (χ0n) is 10.1. The van der Waals surface area contributed by atoms with Gasteiger partial charge in [0.1, 0.15) is 12.0 Å². The number of pyridine rings is 1. The number of rotatable bonds is 2. The highest BCUT2D eigenvalue weighted by molar-refractivity contribution is 6.00. The first-order valence-electron chi connectivity index (χ1n) is 5.84. The van der Waals surface area contributed by atoms with Crippen molar-refractivity contribution in [1.29, 1.82) is 0 Å². The van der Waals surface area contributed by atoms with E-state index in [1.54, 1.807) is 12.5 Å². The molecule has 0 saturated heterocycles. The summed E-state index contributed by atoms with van der Waals surface area (Å²) in [6.07, 6.45) is 3.34. The normalized spacial score (nSPS) is 15.4.